The molecule has 0 aliphatic carbocycles. The Hall–Kier alpha value is -2.24. The Morgan fingerprint density at radius 2 is 2.21 bits per heavy atom. The van der Waals surface area contributed by atoms with E-state index in [1.54, 1.807) is 12.3 Å². The minimum absolute atomic E-state index is 0.120. The second kappa shape index (κ2) is 7.55. The molecule has 124 valence electrons. The molecule has 0 saturated heterocycles. The zero-order chi connectivity index (χ0) is 16.9. The lowest BCUT2D eigenvalue weighted by Gasteiger charge is -2.06. The highest BCUT2D eigenvalue weighted by atomic mass is 35.5. The van der Waals surface area contributed by atoms with E-state index >= 15 is 0 Å². The van der Waals surface area contributed by atoms with Crippen LogP contribution in [0.25, 0.3) is 0 Å². The molecule has 0 saturated carbocycles. The monoisotopic (exact) mass is 361 g/mol. The van der Waals surface area contributed by atoms with Crippen molar-refractivity contribution in [2.45, 2.75) is 20.1 Å². The molecule has 1 N–H and O–H groups in total. The summed E-state index contributed by atoms with van der Waals surface area (Å²) in [6.07, 6.45) is 1.58. The summed E-state index contributed by atoms with van der Waals surface area (Å²) >= 11 is 7.39. The summed E-state index contributed by atoms with van der Waals surface area (Å²) in [7, 11) is 0. The van der Waals surface area contributed by atoms with Gasteiger partial charge in [0.1, 0.15) is 18.1 Å². The number of rotatable bonds is 6. The maximum Gasteiger partial charge on any atom is 0.261 e. The summed E-state index contributed by atoms with van der Waals surface area (Å²) in [6.45, 7) is 2.71. The van der Waals surface area contributed by atoms with Gasteiger partial charge in [-0.3, -0.25) is 4.79 Å². The first-order valence-electron chi connectivity index (χ1n) is 7.39. The largest absolute Gasteiger partial charge is 0.489 e. The van der Waals surface area contributed by atoms with Crippen molar-refractivity contribution in [2.75, 3.05) is 0 Å². The molecule has 0 bridgehead atoms. The van der Waals surface area contributed by atoms with Gasteiger partial charge in [-0.05, 0) is 54.3 Å². The van der Waals surface area contributed by atoms with Crippen LogP contribution in [0.5, 0.6) is 5.75 Å². The lowest BCUT2D eigenvalue weighted by Crippen LogP contribution is -2.21. The second-order valence-electron chi connectivity index (χ2n) is 5.28. The molecule has 0 fully saturated rings. The number of hydrogen-bond acceptors (Lipinski definition) is 4. The highest BCUT2D eigenvalue weighted by Crippen LogP contribution is 2.23. The van der Waals surface area contributed by atoms with Crippen LogP contribution < -0.4 is 10.1 Å². The van der Waals surface area contributed by atoms with E-state index in [1.807, 2.05) is 42.6 Å². The van der Waals surface area contributed by atoms with Crippen molar-refractivity contribution >= 4 is 28.8 Å². The fourth-order valence-corrected chi connectivity index (χ4v) is 3.04. The maximum atomic E-state index is 12.1. The highest BCUT2D eigenvalue weighted by Gasteiger charge is 2.10. The SMILES string of the molecule is Cc1cc(OCc2csc(C(=O)NCc3ccco3)c2)ccc1Cl. The number of furan rings is 1. The quantitative estimate of drug-likeness (QED) is 0.685. The molecule has 24 heavy (non-hydrogen) atoms. The number of carbonyl (C=O) groups is 1. The Kier molecular flexibility index (Phi) is 5.23. The van der Waals surface area contributed by atoms with Crippen LogP contribution in [-0.4, -0.2) is 5.91 Å². The van der Waals surface area contributed by atoms with Gasteiger partial charge < -0.3 is 14.5 Å². The van der Waals surface area contributed by atoms with Crippen molar-refractivity contribution in [3.05, 3.63) is 74.8 Å². The summed E-state index contributed by atoms with van der Waals surface area (Å²) < 4.78 is 10.9. The molecule has 0 spiro atoms. The molecule has 4 nitrogen and oxygen atoms in total. The number of hydrogen-bond donors (Lipinski definition) is 1. The van der Waals surface area contributed by atoms with Crippen LogP contribution in [0.4, 0.5) is 0 Å². The van der Waals surface area contributed by atoms with Crippen LogP contribution in [0.3, 0.4) is 0 Å². The molecule has 1 amide bonds. The van der Waals surface area contributed by atoms with Crippen molar-refractivity contribution in [1.82, 2.24) is 5.32 Å². The first-order chi connectivity index (χ1) is 11.6. The lowest BCUT2D eigenvalue weighted by atomic mass is 10.2. The third kappa shape index (κ3) is 4.19. The van der Waals surface area contributed by atoms with Crippen LogP contribution in [0, 0.1) is 6.92 Å². The van der Waals surface area contributed by atoms with E-state index in [9.17, 15) is 4.79 Å². The molecule has 3 rings (SSSR count). The molecule has 0 radical (unpaired) electrons. The average Bonchev–Trinajstić information content (AvgIpc) is 3.25. The van der Waals surface area contributed by atoms with Crippen molar-refractivity contribution in [3.63, 3.8) is 0 Å². The van der Waals surface area contributed by atoms with Crippen LogP contribution >= 0.6 is 22.9 Å². The number of benzene rings is 1. The minimum atomic E-state index is -0.120. The molecular weight excluding hydrogens is 346 g/mol. The maximum absolute atomic E-state index is 12.1. The van der Waals surface area contributed by atoms with Crippen LogP contribution in [0.15, 0.2) is 52.5 Å². The molecular formula is C18H16ClNO3S. The van der Waals surface area contributed by atoms with Crippen molar-refractivity contribution in [1.29, 1.82) is 0 Å². The summed E-state index contributed by atoms with van der Waals surface area (Å²) in [6, 6.07) is 11.0. The molecule has 1 aromatic carbocycles. The Bertz CT molecular complexity index is 827. The van der Waals surface area contributed by atoms with E-state index in [4.69, 9.17) is 20.8 Å². The van der Waals surface area contributed by atoms with Gasteiger partial charge in [0.25, 0.3) is 5.91 Å². The molecule has 2 heterocycles. The fraction of sp³-hybridized carbons (Fsp3) is 0.167. The number of aryl methyl sites for hydroxylation is 1. The Balaban J connectivity index is 1.54. The minimum Gasteiger partial charge on any atom is -0.489 e. The Morgan fingerprint density at radius 1 is 1.33 bits per heavy atom. The lowest BCUT2D eigenvalue weighted by molar-refractivity contribution is 0.0952. The van der Waals surface area contributed by atoms with Gasteiger partial charge in [0.05, 0.1) is 17.7 Å². The van der Waals surface area contributed by atoms with Gasteiger partial charge in [-0.1, -0.05) is 11.6 Å². The third-order valence-corrected chi connectivity index (χ3v) is 4.82. The van der Waals surface area contributed by atoms with E-state index in [0.717, 1.165) is 22.6 Å². The number of carbonyl (C=O) groups excluding carboxylic acids is 1. The topological polar surface area (TPSA) is 51.5 Å². The van der Waals surface area contributed by atoms with E-state index in [2.05, 4.69) is 5.32 Å². The Morgan fingerprint density at radius 3 is 2.96 bits per heavy atom. The predicted molar refractivity (Wildman–Crippen MR) is 94.7 cm³/mol. The number of thiophene rings is 1. The summed E-state index contributed by atoms with van der Waals surface area (Å²) in [4.78, 5) is 12.8. The first-order valence-corrected chi connectivity index (χ1v) is 8.64. The van der Waals surface area contributed by atoms with Crippen LogP contribution in [0.1, 0.15) is 26.6 Å². The average molecular weight is 362 g/mol. The zero-order valence-electron chi connectivity index (χ0n) is 13.0. The molecule has 2 aromatic heterocycles. The number of nitrogens with one attached hydrogen (secondary N) is 1. The van der Waals surface area contributed by atoms with E-state index in [0.29, 0.717) is 23.1 Å². The molecule has 3 aromatic rings. The highest BCUT2D eigenvalue weighted by molar-refractivity contribution is 7.12. The van der Waals surface area contributed by atoms with Gasteiger partial charge in [-0.25, -0.2) is 0 Å². The molecule has 0 aliphatic heterocycles. The van der Waals surface area contributed by atoms with Gasteiger partial charge in [0.2, 0.25) is 0 Å². The van der Waals surface area contributed by atoms with Gasteiger partial charge in [0, 0.05) is 10.6 Å². The summed E-state index contributed by atoms with van der Waals surface area (Å²) in [5, 5.41) is 5.46. The molecule has 0 unspecified atom stereocenters. The van der Waals surface area contributed by atoms with Gasteiger partial charge in [-0.2, -0.15) is 0 Å². The van der Waals surface area contributed by atoms with Crippen LogP contribution in [0.2, 0.25) is 5.02 Å². The molecule has 0 atom stereocenters. The van der Waals surface area contributed by atoms with Gasteiger partial charge in [0.15, 0.2) is 0 Å². The summed E-state index contributed by atoms with van der Waals surface area (Å²) in [5.74, 6) is 1.36. The Labute approximate surface area is 149 Å². The fourth-order valence-electron chi connectivity index (χ4n) is 2.11. The summed E-state index contributed by atoms with van der Waals surface area (Å²) in [5.41, 5.74) is 1.92. The standard InChI is InChI=1S/C18H16ClNO3S/c1-12-7-14(4-5-16(12)19)23-10-13-8-17(24-11-13)18(21)20-9-15-3-2-6-22-15/h2-8,11H,9-10H2,1H3,(H,20,21). The third-order valence-electron chi connectivity index (χ3n) is 3.42. The molecule has 0 aliphatic rings. The first kappa shape index (κ1) is 16.6. The smallest absolute Gasteiger partial charge is 0.261 e. The van der Waals surface area contributed by atoms with Crippen molar-refractivity contribution < 1.29 is 13.9 Å². The van der Waals surface area contributed by atoms with Crippen LogP contribution in [-0.2, 0) is 13.2 Å². The predicted octanol–water partition coefficient (Wildman–Crippen LogP) is 4.81. The van der Waals surface area contributed by atoms with E-state index in [1.165, 1.54) is 11.3 Å². The zero-order valence-corrected chi connectivity index (χ0v) is 14.6. The van der Waals surface area contributed by atoms with Gasteiger partial charge >= 0.3 is 0 Å². The number of amides is 1. The van der Waals surface area contributed by atoms with E-state index in [-0.39, 0.29) is 5.91 Å². The van der Waals surface area contributed by atoms with Gasteiger partial charge in [-0.15, -0.1) is 11.3 Å². The van der Waals surface area contributed by atoms with Crippen molar-refractivity contribution in [3.8, 4) is 5.75 Å². The number of halogens is 1. The van der Waals surface area contributed by atoms with E-state index < -0.39 is 0 Å². The van der Waals surface area contributed by atoms with Crippen molar-refractivity contribution in [2.24, 2.45) is 0 Å². The number of ether oxygens (including phenoxy) is 1. The second-order valence-corrected chi connectivity index (χ2v) is 6.60. The normalized spacial score (nSPS) is 10.6. The molecule has 6 heteroatoms.